The van der Waals surface area contributed by atoms with E-state index in [1.54, 1.807) is 11.3 Å². The van der Waals surface area contributed by atoms with Crippen LogP contribution in [0.4, 0.5) is 0 Å². The van der Waals surface area contributed by atoms with Gasteiger partial charge in [-0.05, 0) is 52.1 Å². The summed E-state index contributed by atoms with van der Waals surface area (Å²) in [7, 11) is 0. The Balaban J connectivity index is 1.97. The molecular formula is C13H20BrNS. The molecule has 1 unspecified atom stereocenters. The van der Waals surface area contributed by atoms with Crippen LogP contribution in [-0.4, -0.2) is 0 Å². The van der Waals surface area contributed by atoms with Crippen molar-refractivity contribution in [2.75, 3.05) is 0 Å². The van der Waals surface area contributed by atoms with Crippen LogP contribution >= 0.6 is 27.3 Å². The molecule has 2 N–H and O–H groups in total. The molecule has 16 heavy (non-hydrogen) atoms. The predicted molar refractivity (Wildman–Crippen MR) is 74.7 cm³/mol. The number of hydrogen-bond donors (Lipinski definition) is 1. The molecule has 1 aliphatic rings. The van der Waals surface area contributed by atoms with E-state index in [0.29, 0.717) is 5.92 Å². The molecule has 1 saturated carbocycles. The lowest BCUT2D eigenvalue weighted by atomic mass is 9.77. The maximum Gasteiger partial charge on any atom is 0.0429 e. The zero-order valence-electron chi connectivity index (χ0n) is 9.79. The lowest BCUT2D eigenvalue weighted by Crippen LogP contribution is -2.25. The summed E-state index contributed by atoms with van der Waals surface area (Å²) in [4.78, 5) is 1.33. The third-order valence-electron chi connectivity index (χ3n) is 3.92. The van der Waals surface area contributed by atoms with Crippen LogP contribution in [0.15, 0.2) is 15.9 Å². The summed E-state index contributed by atoms with van der Waals surface area (Å²) in [5.74, 6) is 1.65. The summed E-state index contributed by atoms with van der Waals surface area (Å²) in [5.41, 5.74) is 6.38. The van der Waals surface area contributed by atoms with Gasteiger partial charge < -0.3 is 5.73 Å². The smallest absolute Gasteiger partial charge is 0.0429 e. The van der Waals surface area contributed by atoms with E-state index in [9.17, 15) is 0 Å². The summed E-state index contributed by atoms with van der Waals surface area (Å²) >= 11 is 5.38. The minimum absolute atomic E-state index is 0.243. The molecule has 0 aliphatic heterocycles. The minimum Gasteiger partial charge on any atom is -0.323 e. The number of rotatable bonds is 3. The second-order valence-corrected chi connectivity index (χ2v) is 6.65. The van der Waals surface area contributed by atoms with Crippen molar-refractivity contribution in [2.24, 2.45) is 17.6 Å². The molecule has 90 valence electrons. The molecule has 0 saturated heterocycles. The summed E-state index contributed by atoms with van der Waals surface area (Å²) in [6, 6.07) is 2.35. The van der Waals surface area contributed by atoms with Gasteiger partial charge >= 0.3 is 0 Å². The molecule has 1 aromatic rings. The average Bonchev–Trinajstić information content (AvgIpc) is 2.75. The molecule has 0 radical (unpaired) electrons. The van der Waals surface area contributed by atoms with Crippen LogP contribution in [0, 0.1) is 11.8 Å². The predicted octanol–water partition coefficient (Wildman–Crippen LogP) is 4.73. The number of nitrogens with two attached hydrogens (primary N) is 1. The van der Waals surface area contributed by atoms with E-state index in [-0.39, 0.29) is 6.04 Å². The second-order valence-electron chi connectivity index (χ2n) is 4.85. The van der Waals surface area contributed by atoms with Crippen LogP contribution in [0.5, 0.6) is 0 Å². The molecule has 1 fully saturated rings. The Morgan fingerprint density at radius 1 is 1.44 bits per heavy atom. The topological polar surface area (TPSA) is 26.0 Å². The van der Waals surface area contributed by atoms with Crippen molar-refractivity contribution in [3.8, 4) is 0 Å². The van der Waals surface area contributed by atoms with E-state index < -0.39 is 0 Å². The molecule has 0 bridgehead atoms. The first-order valence-corrected chi connectivity index (χ1v) is 7.88. The van der Waals surface area contributed by atoms with Gasteiger partial charge in [-0.25, -0.2) is 0 Å². The van der Waals surface area contributed by atoms with Crippen molar-refractivity contribution in [1.82, 2.24) is 0 Å². The molecule has 1 atom stereocenters. The van der Waals surface area contributed by atoms with Crippen LogP contribution in [0.3, 0.4) is 0 Å². The maximum atomic E-state index is 6.38. The Labute approximate surface area is 111 Å². The number of hydrogen-bond acceptors (Lipinski definition) is 2. The van der Waals surface area contributed by atoms with Gasteiger partial charge in [0, 0.05) is 15.4 Å². The summed E-state index contributed by atoms with van der Waals surface area (Å²) in [6.45, 7) is 2.31. The molecule has 1 nitrogen and oxygen atoms in total. The summed E-state index contributed by atoms with van der Waals surface area (Å²) in [5, 5.41) is 2.12. The van der Waals surface area contributed by atoms with Gasteiger partial charge in [0.05, 0.1) is 0 Å². The second kappa shape index (κ2) is 5.65. The summed E-state index contributed by atoms with van der Waals surface area (Å²) in [6.07, 6.45) is 6.70. The minimum atomic E-state index is 0.243. The fourth-order valence-corrected chi connectivity index (χ4v) is 4.45. The van der Waals surface area contributed by atoms with E-state index in [0.717, 1.165) is 5.92 Å². The van der Waals surface area contributed by atoms with Crippen molar-refractivity contribution in [3.05, 3.63) is 20.8 Å². The highest BCUT2D eigenvalue weighted by Crippen LogP contribution is 2.40. The average molecular weight is 302 g/mol. The van der Waals surface area contributed by atoms with Crippen molar-refractivity contribution >= 4 is 27.3 Å². The molecule has 1 aliphatic carbocycles. The zero-order chi connectivity index (χ0) is 11.5. The van der Waals surface area contributed by atoms with Crippen molar-refractivity contribution in [2.45, 2.75) is 45.1 Å². The lowest BCUT2D eigenvalue weighted by molar-refractivity contribution is 0.241. The lowest BCUT2D eigenvalue weighted by Gasteiger charge is -2.31. The first-order chi connectivity index (χ1) is 7.72. The van der Waals surface area contributed by atoms with Crippen LogP contribution in [0.25, 0.3) is 0 Å². The van der Waals surface area contributed by atoms with Gasteiger partial charge in [0.1, 0.15) is 0 Å². The molecule has 0 amide bonds. The molecular weight excluding hydrogens is 282 g/mol. The molecule has 1 heterocycles. The highest BCUT2D eigenvalue weighted by atomic mass is 79.9. The van der Waals surface area contributed by atoms with E-state index in [1.807, 2.05) is 0 Å². The highest BCUT2D eigenvalue weighted by Gasteiger charge is 2.27. The van der Waals surface area contributed by atoms with Gasteiger partial charge in [0.15, 0.2) is 0 Å². The maximum absolute atomic E-state index is 6.38. The zero-order valence-corrected chi connectivity index (χ0v) is 12.2. The Morgan fingerprint density at radius 3 is 2.62 bits per heavy atom. The van der Waals surface area contributed by atoms with Gasteiger partial charge in [0.25, 0.3) is 0 Å². The SMILES string of the molecule is CCC1CCC(C(N)c2sccc2Br)CC1. The molecule has 2 rings (SSSR count). The fourth-order valence-electron chi connectivity index (χ4n) is 2.71. The summed E-state index contributed by atoms with van der Waals surface area (Å²) < 4.78 is 1.20. The van der Waals surface area contributed by atoms with Gasteiger partial charge in [-0.2, -0.15) is 0 Å². The molecule has 3 heteroatoms. The van der Waals surface area contributed by atoms with E-state index >= 15 is 0 Å². The molecule has 0 aromatic carbocycles. The Kier molecular flexibility index (Phi) is 4.45. The molecule has 0 spiro atoms. The monoisotopic (exact) mass is 301 g/mol. The third-order valence-corrected chi connectivity index (χ3v) is 5.90. The van der Waals surface area contributed by atoms with Crippen molar-refractivity contribution < 1.29 is 0 Å². The van der Waals surface area contributed by atoms with Crippen LogP contribution in [0.1, 0.15) is 49.9 Å². The number of halogens is 1. The number of thiophene rings is 1. The molecule has 1 aromatic heterocycles. The Morgan fingerprint density at radius 2 is 2.12 bits per heavy atom. The van der Waals surface area contributed by atoms with Crippen LogP contribution in [-0.2, 0) is 0 Å². The normalized spacial score (nSPS) is 27.9. The largest absolute Gasteiger partial charge is 0.323 e. The van der Waals surface area contributed by atoms with Crippen molar-refractivity contribution in [1.29, 1.82) is 0 Å². The Hall–Kier alpha value is 0.140. The highest BCUT2D eigenvalue weighted by molar-refractivity contribution is 9.10. The van der Waals surface area contributed by atoms with Crippen molar-refractivity contribution in [3.63, 3.8) is 0 Å². The fraction of sp³-hybridized carbons (Fsp3) is 0.692. The van der Waals surface area contributed by atoms with E-state index in [2.05, 4.69) is 34.3 Å². The van der Waals surface area contributed by atoms with Gasteiger partial charge in [-0.15, -0.1) is 11.3 Å². The standard InChI is InChI=1S/C13H20BrNS/c1-2-9-3-5-10(6-4-9)12(15)13-11(14)7-8-16-13/h7-10,12H,2-6,15H2,1H3. The first kappa shape index (κ1) is 12.6. The van der Waals surface area contributed by atoms with Crippen LogP contribution in [0.2, 0.25) is 0 Å². The quantitative estimate of drug-likeness (QED) is 0.858. The van der Waals surface area contributed by atoms with Gasteiger partial charge in [-0.3, -0.25) is 0 Å². The van der Waals surface area contributed by atoms with E-state index in [4.69, 9.17) is 5.73 Å². The first-order valence-electron chi connectivity index (χ1n) is 6.20. The van der Waals surface area contributed by atoms with Gasteiger partial charge in [0.2, 0.25) is 0 Å². The van der Waals surface area contributed by atoms with Gasteiger partial charge in [-0.1, -0.05) is 26.2 Å². The van der Waals surface area contributed by atoms with Crippen LogP contribution < -0.4 is 5.73 Å². The van der Waals surface area contributed by atoms with E-state index in [1.165, 1.54) is 41.5 Å². The Bertz CT molecular complexity index is 328. The third kappa shape index (κ3) is 2.69.